The van der Waals surface area contributed by atoms with Gasteiger partial charge in [0.1, 0.15) is 11.7 Å². The normalized spacial score (nSPS) is 15.5. The molecule has 0 aliphatic carbocycles. The summed E-state index contributed by atoms with van der Waals surface area (Å²) in [6, 6.07) is 8.81. The molecule has 0 saturated carbocycles. The minimum atomic E-state index is -3.89. The quantitative estimate of drug-likeness (QED) is 0.696. The number of amides is 1. The van der Waals surface area contributed by atoms with E-state index in [-0.39, 0.29) is 28.3 Å². The van der Waals surface area contributed by atoms with Gasteiger partial charge in [0.25, 0.3) is 0 Å². The minimum Gasteiger partial charge on any atom is -0.493 e. The molecule has 10 heteroatoms. The molecule has 28 heavy (non-hydrogen) atoms. The van der Waals surface area contributed by atoms with Crippen molar-refractivity contribution < 1.29 is 32.2 Å². The van der Waals surface area contributed by atoms with E-state index in [9.17, 15) is 18.0 Å². The second kappa shape index (κ2) is 7.49. The van der Waals surface area contributed by atoms with Gasteiger partial charge in [-0.1, -0.05) is 12.1 Å². The van der Waals surface area contributed by atoms with Gasteiger partial charge in [0.05, 0.1) is 25.5 Å². The van der Waals surface area contributed by atoms with Crippen molar-refractivity contribution in [1.29, 1.82) is 0 Å². The summed E-state index contributed by atoms with van der Waals surface area (Å²) in [5.41, 5.74) is 0.986. The van der Waals surface area contributed by atoms with Crippen LogP contribution in [0, 0.1) is 0 Å². The molecule has 1 atom stereocenters. The number of nitrogens with one attached hydrogen (secondary N) is 1. The molecular formula is C18H18N2O7S. The molecular weight excluding hydrogens is 388 g/mol. The summed E-state index contributed by atoms with van der Waals surface area (Å²) in [6.07, 6.45) is -0.961. The molecule has 148 valence electrons. The van der Waals surface area contributed by atoms with Crippen LogP contribution < -0.4 is 19.9 Å². The topological polar surface area (TPSA) is 134 Å². The molecule has 0 aromatic heterocycles. The summed E-state index contributed by atoms with van der Waals surface area (Å²) in [5.74, 6) is -0.455. The average Bonchev–Trinajstić information content (AvgIpc) is 2.96. The summed E-state index contributed by atoms with van der Waals surface area (Å²) in [6.45, 7) is 0. The molecule has 0 radical (unpaired) electrons. The summed E-state index contributed by atoms with van der Waals surface area (Å²) in [7, 11) is -1.04. The van der Waals surface area contributed by atoms with Gasteiger partial charge < -0.3 is 19.5 Å². The first-order valence-corrected chi connectivity index (χ1v) is 9.67. The monoisotopic (exact) mass is 406 g/mol. The molecule has 1 aliphatic rings. The van der Waals surface area contributed by atoms with E-state index in [0.29, 0.717) is 11.3 Å². The van der Waals surface area contributed by atoms with Gasteiger partial charge in [0.15, 0.2) is 11.5 Å². The Morgan fingerprint density at radius 3 is 2.61 bits per heavy atom. The van der Waals surface area contributed by atoms with Gasteiger partial charge in [-0.15, -0.1) is 0 Å². The maximum Gasteiger partial charge on any atom is 0.343 e. The van der Waals surface area contributed by atoms with Gasteiger partial charge in [0.2, 0.25) is 15.9 Å². The van der Waals surface area contributed by atoms with Crippen molar-refractivity contribution in [2.24, 2.45) is 5.14 Å². The fourth-order valence-corrected chi connectivity index (χ4v) is 3.51. The van der Waals surface area contributed by atoms with E-state index in [1.807, 2.05) is 0 Å². The number of esters is 1. The van der Waals surface area contributed by atoms with Crippen molar-refractivity contribution in [1.82, 2.24) is 0 Å². The Labute approximate surface area is 161 Å². The second-order valence-electron chi connectivity index (χ2n) is 5.98. The Hall–Kier alpha value is -3.11. The van der Waals surface area contributed by atoms with E-state index in [1.54, 1.807) is 12.1 Å². The Morgan fingerprint density at radius 2 is 1.96 bits per heavy atom. The molecule has 2 aromatic carbocycles. The molecule has 0 fully saturated rings. The van der Waals surface area contributed by atoms with E-state index in [4.69, 9.17) is 19.3 Å². The van der Waals surface area contributed by atoms with Crippen molar-refractivity contribution >= 4 is 27.6 Å². The zero-order chi connectivity index (χ0) is 20.5. The zero-order valence-electron chi connectivity index (χ0n) is 15.1. The highest BCUT2D eigenvalue weighted by molar-refractivity contribution is 7.89. The molecule has 1 aliphatic heterocycles. The summed E-state index contributed by atoms with van der Waals surface area (Å²) in [4.78, 5) is 24.5. The number of primary sulfonamides is 1. The maximum atomic E-state index is 12.4. The number of nitrogens with two attached hydrogens (primary N) is 1. The zero-order valence-corrected chi connectivity index (χ0v) is 15.9. The van der Waals surface area contributed by atoms with Gasteiger partial charge in [-0.3, -0.25) is 4.79 Å². The Kier molecular flexibility index (Phi) is 5.25. The number of sulfonamides is 1. The van der Waals surface area contributed by atoms with Crippen molar-refractivity contribution in [3.63, 3.8) is 0 Å². The lowest BCUT2D eigenvalue weighted by atomic mass is 10.0. The number of cyclic esters (lactones) is 1. The first-order valence-electron chi connectivity index (χ1n) is 8.13. The van der Waals surface area contributed by atoms with Crippen molar-refractivity contribution in [2.45, 2.75) is 17.4 Å². The number of carbonyl (C=O) groups is 2. The molecule has 1 heterocycles. The van der Waals surface area contributed by atoms with Gasteiger partial charge in [0, 0.05) is 11.3 Å². The number of carbonyl (C=O) groups excluding carboxylic acids is 2. The van der Waals surface area contributed by atoms with Crippen LogP contribution in [-0.2, 0) is 19.6 Å². The first-order chi connectivity index (χ1) is 13.2. The third-order valence-corrected chi connectivity index (χ3v) is 5.11. The predicted molar refractivity (Wildman–Crippen MR) is 98.8 cm³/mol. The summed E-state index contributed by atoms with van der Waals surface area (Å²) >= 11 is 0. The molecule has 0 saturated heterocycles. The second-order valence-corrected chi connectivity index (χ2v) is 7.55. The standard InChI is InChI=1S/C18H18N2O7S/c1-25-13-7-6-12-14(27-18(22)16(12)17(13)26-2)9-15(21)20-10-4-3-5-11(8-10)28(19,23)24/h3-8,14H,9H2,1-2H3,(H,20,21)(H2,19,23,24). The Morgan fingerprint density at radius 1 is 1.21 bits per heavy atom. The molecule has 3 rings (SSSR count). The van der Waals surface area contributed by atoms with Gasteiger partial charge in [-0.05, 0) is 24.3 Å². The van der Waals surface area contributed by atoms with Crippen molar-refractivity contribution in [3.8, 4) is 11.5 Å². The molecule has 0 spiro atoms. The lowest BCUT2D eigenvalue weighted by molar-refractivity contribution is -0.118. The molecule has 3 N–H and O–H groups in total. The molecule has 2 aromatic rings. The van der Waals surface area contributed by atoms with E-state index >= 15 is 0 Å². The Balaban J connectivity index is 1.80. The van der Waals surface area contributed by atoms with E-state index in [2.05, 4.69) is 5.32 Å². The number of rotatable bonds is 6. The van der Waals surface area contributed by atoms with E-state index in [1.165, 1.54) is 38.5 Å². The lowest BCUT2D eigenvalue weighted by Gasteiger charge is -2.13. The van der Waals surface area contributed by atoms with E-state index < -0.39 is 28.0 Å². The number of benzene rings is 2. The third kappa shape index (κ3) is 3.78. The lowest BCUT2D eigenvalue weighted by Crippen LogP contribution is -2.17. The third-order valence-electron chi connectivity index (χ3n) is 4.20. The number of hydrogen-bond acceptors (Lipinski definition) is 7. The van der Waals surface area contributed by atoms with Crippen LogP contribution in [-0.4, -0.2) is 34.5 Å². The number of ether oxygens (including phenoxy) is 3. The number of hydrogen-bond donors (Lipinski definition) is 2. The summed E-state index contributed by atoms with van der Waals surface area (Å²) in [5, 5.41) is 7.66. The van der Waals surface area contributed by atoms with Crippen LogP contribution in [0.4, 0.5) is 5.69 Å². The number of anilines is 1. The highest BCUT2D eigenvalue weighted by Crippen LogP contribution is 2.43. The van der Waals surface area contributed by atoms with Gasteiger partial charge >= 0.3 is 5.97 Å². The fourth-order valence-electron chi connectivity index (χ4n) is 2.96. The highest BCUT2D eigenvalue weighted by atomic mass is 32.2. The van der Waals surface area contributed by atoms with Crippen molar-refractivity contribution in [2.75, 3.05) is 19.5 Å². The molecule has 1 amide bonds. The van der Waals surface area contributed by atoms with Crippen LogP contribution in [0.3, 0.4) is 0 Å². The molecule has 9 nitrogen and oxygen atoms in total. The predicted octanol–water partition coefficient (Wildman–Crippen LogP) is 1.59. The van der Waals surface area contributed by atoms with Gasteiger partial charge in [-0.25, -0.2) is 18.4 Å². The maximum absolute atomic E-state index is 12.4. The van der Waals surface area contributed by atoms with Crippen molar-refractivity contribution in [3.05, 3.63) is 47.5 Å². The number of fused-ring (bicyclic) bond motifs is 1. The average molecular weight is 406 g/mol. The summed E-state index contributed by atoms with van der Waals surface area (Å²) < 4.78 is 38.6. The largest absolute Gasteiger partial charge is 0.493 e. The minimum absolute atomic E-state index is 0.125. The van der Waals surface area contributed by atoms with Crippen LogP contribution in [0.25, 0.3) is 0 Å². The van der Waals surface area contributed by atoms with Crippen LogP contribution in [0.5, 0.6) is 11.5 Å². The smallest absolute Gasteiger partial charge is 0.343 e. The number of methoxy groups -OCH3 is 2. The first kappa shape index (κ1) is 19.6. The van der Waals surface area contributed by atoms with E-state index in [0.717, 1.165) is 0 Å². The fraction of sp³-hybridized carbons (Fsp3) is 0.222. The highest BCUT2D eigenvalue weighted by Gasteiger charge is 2.36. The SMILES string of the molecule is COc1ccc2c(c1OC)C(=O)OC2CC(=O)Nc1cccc(S(N)(=O)=O)c1. The van der Waals surface area contributed by atoms with Crippen LogP contribution >= 0.6 is 0 Å². The Bertz CT molecular complexity index is 1050. The van der Waals surface area contributed by atoms with Crippen LogP contribution in [0.2, 0.25) is 0 Å². The van der Waals surface area contributed by atoms with Gasteiger partial charge in [-0.2, -0.15) is 0 Å². The molecule has 1 unspecified atom stereocenters. The van der Waals surface area contributed by atoms with Crippen LogP contribution in [0.1, 0.15) is 28.4 Å². The molecule has 0 bridgehead atoms. The van der Waals surface area contributed by atoms with Crippen LogP contribution in [0.15, 0.2) is 41.3 Å².